The number of hydrogen-bond donors (Lipinski definition) is 10. The Bertz CT molecular complexity index is 731. The van der Waals surface area contributed by atoms with Crippen LogP contribution in [-0.2, 0) is 28.5 Å². The van der Waals surface area contributed by atoms with Crippen LogP contribution in [0.25, 0.3) is 0 Å². The first-order valence-electron chi connectivity index (χ1n) is 11.4. The molecule has 0 aromatic carbocycles. The van der Waals surface area contributed by atoms with E-state index in [2.05, 4.69) is 5.32 Å². The van der Waals surface area contributed by atoms with E-state index in [-0.39, 0.29) is 0 Å². The predicted octanol–water partition coefficient (Wildman–Crippen LogP) is -6.40. The minimum atomic E-state index is -1.88. The lowest BCUT2D eigenvalue weighted by atomic mass is 9.95. The summed E-state index contributed by atoms with van der Waals surface area (Å²) in [6.45, 7) is 0.992. The van der Waals surface area contributed by atoms with Crippen LogP contribution in [0.5, 0.6) is 0 Å². The summed E-state index contributed by atoms with van der Waals surface area (Å²) >= 11 is 0. The third kappa shape index (κ3) is 5.97. The highest BCUT2D eigenvalue weighted by Crippen LogP contribution is 2.32. The van der Waals surface area contributed by atoms with Crippen molar-refractivity contribution in [1.29, 1.82) is 0 Å². The van der Waals surface area contributed by atoms with Crippen LogP contribution < -0.4 is 5.32 Å². The van der Waals surface area contributed by atoms with Gasteiger partial charge in [-0.3, -0.25) is 4.79 Å². The number of carbonyl (C=O) groups is 1. The highest BCUT2D eigenvalue weighted by Gasteiger charge is 2.53. The Balaban J connectivity index is 1.82. The molecule has 1 amide bonds. The number of carbonyl (C=O) groups excluding carboxylic acids is 1. The molecular weight excluding hydrogens is 494 g/mol. The molecule has 15 atom stereocenters. The number of aliphatic hydroxyl groups is 9. The molecule has 210 valence electrons. The van der Waals surface area contributed by atoms with E-state index in [1.807, 2.05) is 0 Å². The second kappa shape index (κ2) is 12.2. The van der Waals surface area contributed by atoms with Crippen LogP contribution in [0.3, 0.4) is 0 Å². The standard InChI is InChI=1S/C20H35NO15/c1-5-10(25)14(29)17(18(31)32-5)36-20-15(30)16(12(27)8(4-23)34-20)35-19-9(21-6(2)24)13(28)11(26)7(3-22)33-19/h5,7-20,22-23,25-31H,3-4H2,1-2H3,(H,21,24)/t5-,7+,8+,9+,10+,11+,12-,13+,14+,15+,16-,17-,18?,19-,20+/m0/s1. The van der Waals surface area contributed by atoms with E-state index in [0.29, 0.717) is 0 Å². The molecule has 16 heteroatoms. The number of amides is 1. The lowest BCUT2D eigenvalue weighted by Gasteiger charge is -2.48. The van der Waals surface area contributed by atoms with E-state index >= 15 is 0 Å². The first-order chi connectivity index (χ1) is 16.9. The summed E-state index contributed by atoms with van der Waals surface area (Å²) in [7, 11) is 0. The highest BCUT2D eigenvalue weighted by molar-refractivity contribution is 5.73. The summed E-state index contributed by atoms with van der Waals surface area (Å²) in [5.74, 6) is -0.638. The van der Waals surface area contributed by atoms with Gasteiger partial charge in [0.1, 0.15) is 67.1 Å². The fourth-order valence-corrected chi connectivity index (χ4v) is 4.39. The molecular formula is C20H35NO15. The van der Waals surface area contributed by atoms with Gasteiger partial charge in [0.2, 0.25) is 5.91 Å². The topological polar surface area (TPSA) is 257 Å². The number of nitrogens with one attached hydrogen (secondary N) is 1. The molecule has 1 unspecified atom stereocenters. The van der Waals surface area contributed by atoms with Crippen molar-refractivity contribution in [3.05, 3.63) is 0 Å². The zero-order valence-electron chi connectivity index (χ0n) is 19.5. The van der Waals surface area contributed by atoms with Crippen LogP contribution in [0.15, 0.2) is 0 Å². The fourth-order valence-electron chi connectivity index (χ4n) is 4.39. The van der Waals surface area contributed by atoms with Crippen molar-refractivity contribution in [2.75, 3.05) is 13.2 Å². The Kier molecular flexibility index (Phi) is 9.97. The summed E-state index contributed by atoms with van der Waals surface area (Å²) < 4.78 is 27.0. The average Bonchev–Trinajstić information content (AvgIpc) is 2.83. The molecule has 0 aromatic rings. The Morgan fingerprint density at radius 3 is 1.86 bits per heavy atom. The largest absolute Gasteiger partial charge is 0.394 e. The summed E-state index contributed by atoms with van der Waals surface area (Å²) in [6.07, 6.45) is -22.1. The van der Waals surface area contributed by atoms with Gasteiger partial charge in [-0.15, -0.1) is 0 Å². The lowest BCUT2D eigenvalue weighted by molar-refractivity contribution is -0.376. The molecule has 3 saturated heterocycles. The maximum atomic E-state index is 11.6. The summed E-state index contributed by atoms with van der Waals surface area (Å²) in [4.78, 5) is 11.6. The second-order valence-corrected chi connectivity index (χ2v) is 9.05. The number of hydrogen-bond acceptors (Lipinski definition) is 15. The van der Waals surface area contributed by atoms with Crippen molar-refractivity contribution in [3.63, 3.8) is 0 Å². The third-order valence-corrected chi connectivity index (χ3v) is 6.46. The third-order valence-electron chi connectivity index (χ3n) is 6.46. The van der Waals surface area contributed by atoms with Crippen LogP contribution in [0.4, 0.5) is 0 Å². The van der Waals surface area contributed by atoms with E-state index in [1.165, 1.54) is 6.92 Å². The molecule has 0 saturated carbocycles. The van der Waals surface area contributed by atoms with E-state index in [9.17, 15) is 50.8 Å². The van der Waals surface area contributed by atoms with Gasteiger partial charge in [-0.25, -0.2) is 0 Å². The van der Waals surface area contributed by atoms with E-state index < -0.39 is 111 Å². The van der Waals surface area contributed by atoms with Crippen molar-refractivity contribution >= 4 is 5.91 Å². The zero-order valence-corrected chi connectivity index (χ0v) is 19.5. The van der Waals surface area contributed by atoms with Crippen LogP contribution in [0.2, 0.25) is 0 Å². The Morgan fingerprint density at radius 1 is 0.722 bits per heavy atom. The molecule has 10 N–H and O–H groups in total. The molecule has 36 heavy (non-hydrogen) atoms. The van der Waals surface area contributed by atoms with Crippen LogP contribution in [0.1, 0.15) is 13.8 Å². The number of ether oxygens (including phenoxy) is 5. The summed E-state index contributed by atoms with van der Waals surface area (Å²) in [5, 5.41) is 94.1. The molecule has 3 aliphatic rings. The molecule has 0 spiro atoms. The molecule has 16 nitrogen and oxygen atoms in total. The van der Waals surface area contributed by atoms with Gasteiger partial charge in [0.25, 0.3) is 0 Å². The maximum Gasteiger partial charge on any atom is 0.217 e. The molecule has 3 rings (SSSR count). The Labute approximate surface area is 205 Å². The predicted molar refractivity (Wildman–Crippen MR) is 111 cm³/mol. The van der Waals surface area contributed by atoms with Crippen LogP contribution >= 0.6 is 0 Å². The van der Waals surface area contributed by atoms with Gasteiger partial charge in [0.05, 0.1) is 19.3 Å². The monoisotopic (exact) mass is 529 g/mol. The van der Waals surface area contributed by atoms with Crippen molar-refractivity contribution in [2.45, 2.75) is 106 Å². The van der Waals surface area contributed by atoms with Crippen LogP contribution in [0, 0.1) is 0 Å². The van der Waals surface area contributed by atoms with E-state index in [0.717, 1.165) is 6.92 Å². The van der Waals surface area contributed by atoms with Gasteiger partial charge < -0.3 is 75.0 Å². The first kappa shape index (κ1) is 29.5. The Hall–Kier alpha value is -1.09. The van der Waals surface area contributed by atoms with Crippen molar-refractivity contribution in [2.24, 2.45) is 0 Å². The lowest BCUT2D eigenvalue weighted by Crippen LogP contribution is -2.68. The minimum Gasteiger partial charge on any atom is -0.394 e. The van der Waals surface area contributed by atoms with Crippen molar-refractivity contribution in [1.82, 2.24) is 5.32 Å². The van der Waals surface area contributed by atoms with E-state index in [1.54, 1.807) is 0 Å². The molecule has 0 radical (unpaired) electrons. The molecule has 0 aromatic heterocycles. The number of aliphatic hydroxyl groups excluding tert-OH is 9. The zero-order chi connectivity index (χ0) is 26.9. The maximum absolute atomic E-state index is 11.6. The Morgan fingerprint density at radius 2 is 1.28 bits per heavy atom. The van der Waals surface area contributed by atoms with Gasteiger partial charge in [-0.1, -0.05) is 0 Å². The average molecular weight is 529 g/mol. The van der Waals surface area contributed by atoms with Crippen LogP contribution in [-0.4, -0.2) is 157 Å². The molecule has 3 fully saturated rings. The van der Waals surface area contributed by atoms with Gasteiger partial charge in [-0.05, 0) is 6.92 Å². The molecule has 0 aliphatic carbocycles. The normalized spacial score (nSPS) is 50.0. The molecule has 3 heterocycles. The van der Waals surface area contributed by atoms with Gasteiger partial charge in [0, 0.05) is 6.92 Å². The van der Waals surface area contributed by atoms with E-state index in [4.69, 9.17) is 23.7 Å². The van der Waals surface area contributed by atoms with Crippen molar-refractivity contribution < 1.29 is 74.4 Å². The fraction of sp³-hybridized carbons (Fsp3) is 0.950. The van der Waals surface area contributed by atoms with Gasteiger partial charge >= 0.3 is 0 Å². The summed E-state index contributed by atoms with van der Waals surface area (Å²) in [5.41, 5.74) is 0. The smallest absolute Gasteiger partial charge is 0.217 e. The quantitative estimate of drug-likeness (QED) is 0.147. The van der Waals surface area contributed by atoms with Gasteiger partial charge in [-0.2, -0.15) is 0 Å². The molecule has 3 aliphatic heterocycles. The molecule has 0 bridgehead atoms. The van der Waals surface area contributed by atoms with Gasteiger partial charge in [0.15, 0.2) is 18.9 Å². The second-order valence-electron chi connectivity index (χ2n) is 9.05. The summed E-state index contributed by atoms with van der Waals surface area (Å²) in [6, 6.07) is -1.40. The van der Waals surface area contributed by atoms with Crippen molar-refractivity contribution in [3.8, 4) is 0 Å². The highest BCUT2D eigenvalue weighted by atomic mass is 16.7. The first-order valence-corrected chi connectivity index (χ1v) is 11.4. The number of rotatable bonds is 7. The SMILES string of the molecule is CC(=O)N[C@H]1[C@H](O[C@H]2[C@@H](O)[C@@H](CO)O[C@H](O[C@@H]3C(O)O[C@@H](C)[C@@H](O)[C@H]3O)[C@@H]2O)O[C@H](CO)[C@@H](O)[C@@H]1O. The minimum absolute atomic E-state index is 0.638.